The summed E-state index contributed by atoms with van der Waals surface area (Å²) >= 11 is 0. The summed E-state index contributed by atoms with van der Waals surface area (Å²) in [4.78, 5) is 31.2. The Hall–Kier alpha value is -4.41. The molecule has 3 aromatic heterocycles. The minimum atomic E-state index is -4.40. The molecule has 4 heterocycles. The van der Waals surface area contributed by atoms with Crippen molar-refractivity contribution in [1.82, 2.24) is 14.4 Å². The summed E-state index contributed by atoms with van der Waals surface area (Å²) in [5.41, 5.74) is 0.705. The summed E-state index contributed by atoms with van der Waals surface area (Å²) < 4.78 is 52.5. The molecule has 1 saturated heterocycles. The molecule has 1 aliphatic heterocycles. The molecular weight excluding hydrogens is 537 g/mol. The summed E-state index contributed by atoms with van der Waals surface area (Å²) in [5, 5.41) is 0. The molecule has 5 rings (SSSR count). The summed E-state index contributed by atoms with van der Waals surface area (Å²) in [6, 6.07) is 15.8. The maximum atomic E-state index is 13.1. The molecule has 11 heteroatoms. The van der Waals surface area contributed by atoms with Crippen molar-refractivity contribution in [3.05, 3.63) is 102 Å². The first-order chi connectivity index (χ1) is 19.7. The first kappa shape index (κ1) is 28.1. The largest absolute Gasteiger partial charge is 0.459 e. The minimum Gasteiger partial charge on any atom is -0.459 e. The van der Waals surface area contributed by atoms with Crippen molar-refractivity contribution in [3.63, 3.8) is 0 Å². The topological polar surface area (TPSA) is 75.1 Å². The maximum Gasteiger partial charge on any atom is 0.416 e. The normalized spacial score (nSPS) is 14.0. The van der Waals surface area contributed by atoms with Gasteiger partial charge in [0.25, 0.3) is 11.8 Å². The number of aromatic nitrogens is 1. The van der Waals surface area contributed by atoms with Gasteiger partial charge in [0.1, 0.15) is 5.76 Å². The van der Waals surface area contributed by atoms with E-state index in [-0.39, 0.29) is 17.6 Å². The van der Waals surface area contributed by atoms with Crippen molar-refractivity contribution >= 4 is 17.5 Å². The lowest BCUT2D eigenvalue weighted by Gasteiger charge is -2.36. The van der Waals surface area contributed by atoms with Crippen molar-refractivity contribution in [2.75, 3.05) is 37.6 Å². The molecule has 0 saturated carbocycles. The fraction of sp³-hybridized carbons (Fsp3) is 0.333. The Kier molecular flexibility index (Phi) is 8.23. The van der Waals surface area contributed by atoms with E-state index in [1.54, 1.807) is 40.1 Å². The number of furan rings is 2. The maximum absolute atomic E-state index is 13.1. The molecule has 0 aliphatic carbocycles. The van der Waals surface area contributed by atoms with Gasteiger partial charge in [-0.3, -0.25) is 9.59 Å². The number of piperazine rings is 1. The zero-order chi connectivity index (χ0) is 29.0. The van der Waals surface area contributed by atoms with E-state index >= 15 is 0 Å². The van der Waals surface area contributed by atoms with Crippen molar-refractivity contribution in [2.24, 2.45) is 0 Å². The SMILES string of the molecule is CCCN(Cc1cccn1Cc1ccc(C(=O)N2CCN(c3cccc(C(F)(F)F)c3)CC2)o1)C(=O)c1ccco1. The molecule has 216 valence electrons. The average Bonchev–Trinajstić information content (AvgIpc) is 3.75. The molecule has 0 spiro atoms. The van der Waals surface area contributed by atoms with Gasteiger partial charge in [-0.15, -0.1) is 0 Å². The van der Waals surface area contributed by atoms with Crippen LogP contribution >= 0.6 is 0 Å². The Morgan fingerprint density at radius 2 is 1.76 bits per heavy atom. The van der Waals surface area contributed by atoms with Crippen molar-refractivity contribution < 1.29 is 31.6 Å². The van der Waals surface area contributed by atoms with Gasteiger partial charge in [-0.05, 0) is 61.0 Å². The summed E-state index contributed by atoms with van der Waals surface area (Å²) in [6.45, 7) is 4.92. The number of carbonyl (C=O) groups is 2. The number of anilines is 1. The molecule has 0 atom stereocenters. The lowest BCUT2D eigenvalue weighted by atomic mass is 10.1. The Labute approximate surface area is 235 Å². The van der Waals surface area contributed by atoms with E-state index in [9.17, 15) is 22.8 Å². The molecule has 2 amide bonds. The minimum absolute atomic E-state index is 0.177. The second-order valence-corrected chi connectivity index (χ2v) is 9.92. The van der Waals surface area contributed by atoms with Gasteiger partial charge in [0.2, 0.25) is 0 Å². The van der Waals surface area contributed by atoms with E-state index in [0.29, 0.717) is 63.0 Å². The van der Waals surface area contributed by atoms with Crippen LogP contribution in [0.5, 0.6) is 0 Å². The highest BCUT2D eigenvalue weighted by Gasteiger charge is 2.31. The molecule has 8 nitrogen and oxygen atoms in total. The Balaban J connectivity index is 1.19. The fourth-order valence-corrected chi connectivity index (χ4v) is 4.97. The number of amides is 2. The van der Waals surface area contributed by atoms with E-state index in [1.165, 1.54) is 12.3 Å². The third kappa shape index (κ3) is 6.50. The van der Waals surface area contributed by atoms with Gasteiger partial charge in [-0.25, -0.2) is 0 Å². The summed E-state index contributed by atoms with van der Waals surface area (Å²) in [7, 11) is 0. The van der Waals surface area contributed by atoms with Crippen molar-refractivity contribution in [3.8, 4) is 0 Å². The Morgan fingerprint density at radius 1 is 0.951 bits per heavy atom. The van der Waals surface area contributed by atoms with Crippen LogP contribution in [0.2, 0.25) is 0 Å². The van der Waals surface area contributed by atoms with Gasteiger partial charge in [-0.2, -0.15) is 13.2 Å². The molecule has 41 heavy (non-hydrogen) atoms. The smallest absolute Gasteiger partial charge is 0.416 e. The van der Waals surface area contributed by atoms with Crippen LogP contribution in [0.4, 0.5) is 18.9 Å². The van der Waals surface area contributed by atoms with Gasteiger partial charge in [0.05, 0.1) is 24.9 Å². The number of rotatable bonds is 9. The number of nitrogens with zero attached hydrogens (tertiary/aromatic N) is 4. The van der Waals surface area contributed by atoms with Crippen LogP contribution in [-0.4, -0.2) is 58.9 Å². The molecule has 0 unspecified atom stereocenters. The zero-order valence-electron chi connectivity index (χ0n) is 22.6. The molecular formula is C30H31F3N4O4. The fourth-order valence-electron chi connectivity index (χ4n) is 4.97. The third-order valence-corrected chi connectivity index (χ3v) is 7.09. The predicted octanol–water partition coefficient (Wildman–Crippen LogP) is 5.76. The second-order valence-electron chi connectivity index (χ2n) is 9.92. The number of alkyl halides is 3. The quantitative estimate of drug-likeness (QED) is 0.257. The molecule has 4 aromatic rings. The van der Waals surface area contributed by atoms with Crippen LogP contribution in [0.15, 0.2) is 82.0 Å². The molecule has 1 aromatic carbocycles. The van der Waals surface area contributed by atoms with E-state index < -0.39 is 11.7 Å². The van der Waals surface area contributed by atoms with Gasteiger partial charge >= 0.3 is 6.18 Å². The number of benzene rings is 1. The number of halogens is 3. The van der Waals surface area contributed by atoms with Crippen LogP contribution in [0.1, 0.15) is 51.5 Å². The van der Waals surface area contributed by atoms with Crippen LogP contribution in [-0.2, 0) is 19.3 Å². The molecule has 0 N–H and O–H groups in total. The van der Waals surface area contributed by atoms with Gasteiger partial charge in [0, 0.05) is 50.3 Å². The molecule has 1 fully saturated rings. The van der Waals surface area contributed by atoms with Crippen LogP contribution < -0.4 is 4.90 Å². The lowest BCUT2D eigenvalue weighted by Crippen LogP contribution is -2.48. The van der Waals surface area contributed by atoms with Crippen LogP contribution in [0.3, 0.4) is 0 Å². The summed E-state index contributed by atoms with van der Waals surface area (Å²) in [6.07, 6.45) is -0.233. The molecule has 0 radical (unpaired) electrons. The van der Waals surface area contributed by atoms with Crippen molar-refractivity contribution in [1.29, 1.82) is 0 Å². The van der Waals surface area contributed by atoms with E-state index in [4.69, 9.17) is 8.83 Å². The highest BCUT2D eigenvalue weighted by atomic mass is 19.4. The second kappa shape index (κ2) is 12.0. The van der Waals surface area contributed by atoms with Gasteiger partial charge in [0.15, 0.2) is 11.5 Å². The van der Waals surface area contributed by atoms with E-state index in [0.717, 1.165) is 24.2 Å². The first-order valence-electron chi connectivity index (χ1n) is 13.5. The molecule has 1 aliphatic rings. The van der Waals surface area contributed by atoms with E-state index in [1.807, 2.05) is 34.7 Å². The van der Waals surface area contributed by atoms with Gasteiger partial charge < -0.3 is 28.1 Å². The highest BCUT2D eigenvalue weighted by Crippen LogP contribution is 2.32. The molecule has 0 bridgehead atoms. The van der Waals surface area contributed by atoms with Gasteiger partial charge in [-0.1, -0.05) is 13.0 Å². The van der Waals surface area contributed by atoms with Crippen LogP contribution in [0, 0.1) is 0 Å². The first-order valence-corrected chi connectivity index (χ1v) is 13.5. The average molecular weight is 569 g/mol. The summed E-state index contributed by atoms with van der Waals surface area (Å²) in [5.74, 6) is 0.658. The number of hydrogen-bond donors (Lipinski definition) is 0. The Morgan fingerprint density at radius 3 is 2.46 bits per heavy atom. The monoisotopic (exact) mass is 568 g/mol. The van der Waals surface area contributed by atoms with Crippen LogP contribution in [0.25, 0.3) is 0 Å². The standard InChI is InChI=1S/C30H31F3N4O4/c1-2-12-37(28(38)26-9-5-18-40-26)20-24-8-4-13-36(24)21-25-10-11-27(41-25)29(39)35-16-14-34(15-17-35)23-7-3-6-22(19-23)30(31,32)33/h3-11,13,18-19H,2,12,14-17,20-21H2,1H3. The highest BCUT2D eigenvalue weighted by molar-refractivity contribution is 5.92. The Bertz CT molecular complexity index is 1470. The third-order valence-electron chi connectivity index (χ3n) is 7.09. The van der Waals surface area contributed by atoms with Crippen molar-refractivity contribution in [2.45, 2.75) is 32.6 Å². The zero-order valence-corrected chi connectivity index (χ0v) is 22.6. The predicted molar refractivity (Wildman–Crippen MR) is 146 cm³/mol. The van der Waals surface area contributed by atoms with E-state index in [2.05, 4.69) is 0 Å². The lowest BCUT2D eigenvalue weighted by molar-refractivity contribution is -0.137. The number of carbonyl (C=O) groups excluding carboxylic acids is 2. The number of hydrogen-bond acceptors (Lipinski definition) is 5.